The van der Waals surface area contributed by atoms with Gasteiger partial charge in [-0.15, -0.1) is 0 Å². The van der Waals surface area contributed by atoms with E-state index in [9.17, 15) is 33.7 Å². The first kappa shape index (κ1) is 19.0. The van der Waals surface area contributed by atoms with Gasteiger partial charge in [-0.05, 0) is 37.1 Å². The molecule has 10 heteroatoms. The van der Waals surface area contributed by atoms with Crippen molar-refractivity contribution >= 4 is 28.6 Å². The molecule has 1 unspecified atom stereocenters. The Morgan fingerprint density at radius 3 is 2.56 bits per heavy atom. The average Bonchev–Trinajstić information content (AvgIpc) is 2.52. The summed E-state index contributed by atoms with van der Waals surface area (Å²) in [6.07, 6.45) is 0.171. The molecule has 1 saturated heterocycles. The second kappa shape index (κ2) is 6.89. The number of carbonyl (C=O) groups is 2. The van der Waals surface area contributed by atoms with Crippen LogP contribution in [0.15, 0.2) is 18.2 Å². The predicted molar refractivity (Wildman–Crippen MR) is 87.9 cm³/mol. The van der Waals surface area contributed by atoms with Crippen LogP contribution >= 0.6 is 0 Å². The van der Waals surface area contributed by atoms with Gasteiger partial charge in [-0.1, -0.05) is 0 Å². The molecule has 1 aromatic rings. The van der Waals surface area contributed by atoms with Crippen LogP contribution < -0.4 is 5.32 Å². The van der Waals surface area contributed by atoms with Crippen molar-refractivity contribution in [3.05, 3.63) is 18.2 Å². The van der Waals surface area contributed by atoms with Crippen LogP contribution in [0.4, 0.5) is 5.69 Å². The SMILES string of the molecule is C[C@@H]1CC(=O)N1[C@@H](C(=O)O)[C@](C)(CNc1ccc(O)c(O)c1)S(=O)[O-]. The fourth-order valence-corrected chi connectivity index (χ4v) is 3.41. The minimum atomic E-state index is -2.82. The number of carboxylic acid groups (broad SMARTS) is 1. The number of anilines is 1. The fraction of sp³-hybridized carbons (Fsp3) is 0.467. The van der Waals surface area contributed by atoms with Crippen molar-refractivity contribution in [1.82, 2.24) is 4.90 Å². The maximum absolute atomic E-state index is 11.8. The third-order valence-corrected chi connectivity index (χ3v) is 5.45. The van der Waals surface area contributed by atoms with Crippen molar-refractivity contribution < 1.29 is 33.7 Å². The highest BCUT2D eigenvalue weighted by Gasteiger charge is 2.51. The zero-order valence-electron chi connectivity index (χ0n) is 13.6. The van der Waals surface area contributed by atoms with Gasteiger partial charge in [-0.2, -0.15) is 0 Å². The van der Waals surface area contributed by atoms with Gasteiger partial charge >= 0.3 is 5.97 Å². The molecule has 1 aliphatic rings. The number of carbonyl (C=O) groups excluding carboxylic acids is 1. The molecule has 0 bridgehead atoms. The Bertz CT molecular complexity index is 726. The highest BCUT2D eigenvalue weighted by molar-refractivity contribution is 7.80. The third-order valence-electron chi connectivity index (χ3n) is 4.32. The molecule has 2 rings (SSSR count). The number of nitrogens with one attached hydrogen (secondary N) is 1. The Hall–Kier alpha value is -2.33. The Morgan fingerprint density at radius 2 is 2.12 bits per heavy atom. The second-order valence-electron chi connectivity index (χ2n) is 6.20. The number of nitrogens with zero attached hydrogens (tertiary/aromatic N) is 1. The molecule has 4 N–H and O–H groups in total. The number of phenolic OH excluding ortho intramolecular Hbond substituents is 2. The van der Waals surface area contributed by atoms with Crippen LogP contribution in [0.2, 0.25) is 0 Å². The van der Waals surface area contributed by atoms with Crippen LogP contribution in [0.3, 0.4) is 0 Å². The number of aromatic hydroxyl groups is 2. The number of amides is 1. The Morgan fingerprint density at radius 1 is 1.48 bits per heavy atom. The first-order chi connectivity index (χ1) is 11.6. The van der Waals surface area contributed by atoms with Crippen LogP contribution in [0.25, 0.3) is 0 Å². The highest BCUT2D eigenvalue weighted by atomic mass is 32.2. The molecular formula is C15H19N2O7S-. The largest absolute Gasteiger partial charge is 0.772 e. The number of aliphatic carboxylic acids is 1. The molecule has 1 amide bonds. The first-order valence-electron chi connectivity index (χ1n) is 7.47. The van der Waals surface area contributed by atoms with Gasteiger partial charge in [0.1, 0.15) is 6.04 Å². The van der Waals surface area contributed by atoms with E-state index < -0.39 is 39.5 Å². The van der Waals surface area contributed by atoms with Crippen molar-refractivity contribution in [2.45, 2.75) is 37.1 Å². The summed E-state index contributed by atoms with van der Waals surface area (Å²) in [7, 11) is 0. The van der Waals surface area contributed by atoms with E-state index in [2.05, 4.69) is 5.32 Å². The standard InChI is InChI=1S/C15H20N2O7S/c1-8-5-12(20)17(8)13(14(21)22)15(2,25(23)24)7-16-9-3-4-10(18)11(19)6-9/h3-4,6,8,13,16,18-19H,5,7H2,1-2H3,(H,21,22)(H,23,24)/p-1/t8-,13+,15+/m1/s1. The molecule has 0 aromatic heterocycles. The summed E-state index contributed by atoms with van der Waals surface area (Å²) in [4.78, 5) is 24.6. The lowest BCUT2D eigenvalue weighted by Gasteiger charge is -2.49. The first-order valence-corrected chi connectivity index (χ1v) is 8.54. The lowest BCUT2D eigenvalue weighted by molar-refractivity contribution is -0.162. The minimum absolute atomic E-state index is 0.171. The van der Waals surface area contributed by atoms with E-state index in [1.54, 1.807) is 6.92 Å². The van der Waals surface area contributed by atoms with Crippen molar-refractivity contribution in [2.24, 2.45) is 0 Å². The lowest BCUT2D eigenvalue weighted by atomic mass is 9.91. The maximum Gasteiger partial charge on any atom is 0.328 e. The minimum Gasteiger partial charge on any atom is -0.772 e. The number of rotatable bonds is 7. The topological polar surface area (TPSA) is 150 Å². The molecule has 1 aliphatic heterocycles. The van der Waals surface area contributed by atoms with Crippen molar-refractivity contribution in [3.63, 3.8) is 0 Å². The molecule has 1 heterocycles. The van der Waals surface area contributed by atoms with E-state index in [1.165, 1.54) is 25.1 Å². The number of likely N-dealkylation sites (tertiary alicyclic amines) is 1. The zero-order valence-corrected chi connectivity index (χ0v) is 14.4. The van der Waals surface area contributed by atoms with E-state index >= 15 is 0 Å². The summed E-state index contributed by atoms with van der Waals surface area (Å²) < 4.78 is 21.9. The summed E-state index contributed by atoms with van der Waals surface area (Å²) in [5.41, 5.74) is 0.291. The highest BCUT2D eigenvalue weighted by Crippen LogP contribution is 2.32. The Kier molecular flexibility index (Phi) is 5.23. The van der Waals surface area contributed by atoms with Crippen LogP contribution in [0.5, 0.6) is 11.5 Å². The van der Waals surface area contributed by atoms with Gasteiger partial charge < -0.3 is 30.1 Å². The second-order valence-corrected chi connectivity index (χ2v) is 7.60. The molecule has 9 nitrogen and oxygen atoms in total. The molecule has 0 spiro atoms. The average molecular weight is 371 g/mol. The van der Waals surface area contributed by atoms with Crippen molar-refractivity contribution in [2.75, 3.05) is 11.9 Å². The summed E-state index contributed by atoms with van der Waals surface area (Å²) in [6.45, 7) is 2.57. The molecule has 25 heavy (non-hydrogen) atoms. The summed E-state index contributed by atoms with van der Waals surface area (Å²) >= 11 is -2.82. The molecule has 0 aliphatic carbocycles. The number of phenols is 2. The van der Waals surface area contributed by atoms with E-state index in [0.717, 1.165) is 4.90 Å². The quantitative estimate of drug-likeness (QED) is 0.230. The van der Waals surface area contributed by atoms with Gasteiger partial charge in [-0.3, -0.25) is 9.00 Å². The number of hydrogen-bond donors (Lipinski definition) is 4. The van der Waals surface area contributed by atoms with Crippen molar-refractivity contribution in [1.29, 1.82) is 0 Å². The lowest BCUT2D eigenvalue weighted by Crippen LogP contribution is -2.68. The molecule has 1 aromatic carbocycles. The zero-order chi connectivity index (χ0) is 18.9. The van der Waals surface area contributed by atoms with Gasteiger partial charge in [0.2, 0.25) is 5.91 Å². The molecular weight excluding hydrogens is 352 g/mol. The summed E-state index contributed by atoms with van der Waals surface area (Å²) in [5, 5.41) is 31.1. The third kappa shape index (κ3) is 3.54. The summed E-state index contributed by atoms with van der Waals surface area (Å²) in [6, 6.07) is 1.86. The van der Waals surface area contributed by atoms with Gasteiger partial charge in [0.05, 0.1) is 4.75 Å². The van der Waals surface area contributed by atoms with Gasteiger partial charge in [0.25, 0.3) is 0 Å². The normalized spacial score (nSPS) is 21.8. The molecule has 138 valence electrons. The Labute approximate surface area is 146 Å². The van der Waals surface area contributed by atoms with E-state index in [-0.39, 0.29) is 24.8 Å². The monoisotopic (exact) mass is 371 g/mol. The van der Waals surface area contributed by atoms with Gasteiger partial charge in [0.15, 0.2) is 11.5 Å². The van der Waals surface area contributed by atoms with Crippen LogP contribution in [-0.2, 0) is 20.7 Å². The molecule has 4 atom stereocenters. The molecule has 1 fully saturated rings. The maximum atomic E-state index is 11.8. The van der Waals surface area contributed by atoms with E-state index in [1.807, 2.05) is 0 Å². The van der Waals surface area contributed by atoms with Crippen molar-refractivity contribution in [3.8, 4) is 11.5 Å². The van der Waals surface area contributed by atoms with Crippen LogP contribution in [0.1, 0.15) is 20.3 Å². The number of benzene rings is 1. The Balaban J connectivity index is 2.29. The van der Waals surface area contributed by atoms with Gasteiger partial charge in [-0.25, -0.2) is 4.79 Å². The number of β-lactam (4-membered cyclic amide) rings is 1. The van der Waals surface area contributed by atoms with Gasteiger partial charge in [0, 0.05) is 30.8 Å². The number of carboxylic acids is 1. The van der Waals surface area contributed by atoms with Crippen LogP contribution in [0, 0.1) is 0 Å². The van der Waals surface area contributed by atoms with E-state index in [4.69, 9.17) is 0 Å². The number of hydrogen-bond acceptors (Lipinski definition) is 7. The fourth-order valence-electron chi connectivity index (χ4n) is 2.82. The predicted octanol–water partition coefficient (Wildman–Crippen LogP) is 0.221. The van der Waals surface area contributed by atoms with E-state index in [0.29, 0.717) is 5.69 Å². The summed E-state index contributed by atoms with van der Waals surface area (Å²) in [5.74, 6) is -2.58. The van der Waals surface area contributed by atoms with Crippen LogP contribution in [-0.4, -0.2) is 64.2 Å². The molecule has 0 saturated carbocycles. The molecule has 0 radical (unpaired) electrons. The smallest absolute Gasteiger partial charge is 0.328 e.